The van der Waals surface area contributed by atoms with E-state index in [4.69, 9.17) is 0 Å². The summed E-state index contributed by atoms with van der Waals surface area (Å²) in [6, 6.07) is 15.4. The lowest BCUT2D eigenvalue weighted by Gasteiger charge is -2.28. The van der Waals surface area contributed by atoms with Crippen molar-refractivity contribution in [2.24, 2.45) is 0 Å². The average Bonchev–Trinajstić information content (AvgIpc) is 2.61. The Bertz CT molecular complexity index is 878. The number of para-hydroxylation sites is 1. The Morgan fingerprint density at radius 1 is 1.07 bits per heavy atom. The summed E-state index contributed by atoms with van der Waals surface area (Å²) in [4.78, 5) is 12.3. The number of anilines is 1. The van der Waals surface area contributed by atoms with Gasteiger partial charge in [-0.1, -0.05) is 62.4 Å². The van der Waals surface area contributed by atoms with Gasteiger partial charge in [-0.05, 0) is 29.5 Å². The summed E-state index contributed by atoms with van der Waals surface area (Å²) in [6.07, 6.45) is 1.29. The van der Waals surface area contributed by atoms with E-state index in [0.29, 0.717) is 12.2 Å². The third kappa shape index (κ3) is 5.82. The molecule has 1 amide bonds. The first kappa shape index (κ1) is 21.0. The van der Waals surface area contributed by atoms with Crippen molar-refractivity contribution in [2.45, 2.75) is 39.7 Å². The molecule has 146 valence electrons. The standard InChI is InChI=1S/C21H28N2O3S/c1-16(2)19-12-8-9-17(3)21(19)23(27(4,25)26)14-13-20(24)22-15-18-10-6-5-7-11-18/h5-12,16H,13-15H2,1-4H3,(H,22,24). The second-order valence-corrected chi connectivity index (χ2v) is 8.92. The van der Waals surface area contributed by atoms with E-state index < -0.39 is 10.0 Å². The van der Waals surface area contributed by atoms with Crippen LogP contribution in [-0.2, 0) is 21.4 Å². The molecule has 0 saturated heterocycles. The van der Waals surface area contributed by atoms with E-state index in [2.05, 4.69) is 5.32 Å². The summed E-state index contributed by atoms with van der Waals surface area (Å²) in [7, 11) is -3.51. The SMILES string of the molecule is Cc1cccc(C(C)C)c1N(CCC(=O)NCc1ccccc1)S(C)(=O)=O. The molecule has 5 nitrogen and oxygen atoms in total. The predicted molar refractivity (Wildman–Crippen MR) is 110 cm³/mol. The van der Waals surface area contributed by atoms with Crippen LogP contribution in [0.5, 0.6) is 0 Å². The number of carbonyl (C=O) groups excluding carboxylic acids is 1. The Morgan fingerprint density at radius 2 is 1.74 bits per heavy atom. The van der Waals surface area contributed by atoms with Crippen molar-refractivity contribution in [1.29, 1.82) is 0 Å². The fourth-order valence-corrected chi connectivity index (χ4v) is 4.02. The van der Waals surface area contributed by atoms with E-state index in [9.17, 15) is 13.2 Å². The third-order valence-corrected chi connectivity index (χ3v) is 5.58. The smallest absolute Gasteiger partial charge is 0.232 e. The summed E-state index contributed by atoms with van der Waals surface area (Å²) >= 11 is 0. The van der Waals surface area contributed by atoms with Crippen LogP contribution in [0.4, 0.5) is 5.69 Å². The maximum Gasteiger partial charge on any atom is 0.232 e. The fourth-order valence-electron chi connectivity index (χ4n) is 3.02. The molecule has 2 aromatic carbocycles. The van der Waals surface area contributed by atoms with Gasteiger partial charge in [-0.25, -0.2) is 8.42 Å². The molecule has 0 aliphatic carbocycles. The first-order chi connectivity index (χ1) is 12.7. The molecule has 0 atom stereocenters. The normalized spacial score (nSPS) is 11.4. The van der Waals surface area contributed by atoms with Gasteiger partial charge in [-0.2, -0.15) is 0 Å². The molecular formula is C21H28N2O3S. The van der Waals surface area contributed by atoms with E-state index in [1.807, 2.05) is 69.3 Å². The minimum absolute atomic E-state index is 0.103. The van der Waals surface area contributed by atoms with Crippen LogP contribution in [0.2, 0.25) is 0 Å². The number of hydrogen-bond acceptors (Lipinski definition) is 3. The molecule has 1 N–H and O–H groups in total. The predicted octanol–water partition coefficient (Wildman–Crippen LogP) is 3.59. The maximum atomic E-state index is 12.4. The van der Waals surface area contributed by atoms with Crippen LogP contribution in [0.3, 0.4) is 0 Å². The van der Waals surface area contributed by atoms with Crippen molar-refractivity contribution in [3.05, 3.63) is 65.2 Å². The first-order valence-electron chi connectivity index (χ1n) is 9.08. The lowest BCUT2D eigenvalue weighted by molar-refractivity contribution is -0.121. The minimum Gasteiger partial charge on any atom is -0.352 e. The number of benzene rings is 2. The Labute approximate surface area is 162 Å². The number of sulfonamides is 1. The molecule has 0 aromatic heterocycles. The van der Waals surface area contributed by atoms with Gasteiger partial charge < -0.3 is 5.32 Å². The van der Waals surface area contributed by atoms with Gasteiger partial charge in [-0.15, -0.1) is 0 Å². The van der Waals surface area contributed by atoms with Crippen LogP contribution < -0.4 is 9.62 Å². The second-order valence-electron chi connectivity index (χ2n) is 7.01. The van der Waals surface area contributed by atoms with Gasteiger partial charge in [0.05, 0.1) is 11.9 Å². The molecule has 0 saturated carbocycles. The van der Waals surface area contributed by atoms with Gasteiger partial charge in [0.1, 0.15) is 0 Å². The highest BCUT2D eigenvalue weighted by atomic mass is 32.2. The summed E-state index contributed by atoms with van der Waals surface area (Å²) in [5, 5.41) is 2.85. The van der Waals surface area contributed by atoms with E-state index >= 15 is 0 Å². The van der Waals surface area contributed by atoms with Crippen LogP contribution in [-0.4, -0.2) is 27.1 Å². The average molecular weight is 389 g/mol. The van der Waals surface area contributed by atoms with Crippen molar-refractivity contribution in [1.82, 2.24) is 5.32 Å². The molecule has 27 heavy (non-hydrogen) atoms. The van der Waals surface area contributed by atoms with Gasteiger partial charge in [0.25, 0.3) is 0 Å². The molecule has 0 heterocycles. The van der Waals surface area contributed by atoms with Crippen LogP contribution in [0.25, 0.3) is 0 Å². The summed E-state index contributed by atoms with van der Waals surface area (Å²) in [5.74, 6) is 0.00300. The minimum atomic E-state index is -3.51. The molecule has 2 rings (SSSR count). The zero-order valence-corrected chi connectivity index (χ0v) is 17.2. The Kier molecular flexibility index (Phi) is 7.02. The van der Waals surface area contributed by atoms with Crippen LogP contribution in [0.1, 0.15) is 42.9 Å². The van der Waals surface area contributed by atoms with Crippen LogP contribution in [0.15, 0.2) is 48.5 Å². The van der Waals surface area contributed by atoms with E-state index in [-0.39, 0.29) is 24.8 Å². The molecule has 0 unspecified atom stereocenters. The molecular weight excluding hydrogens is 360 g/mol. The van der Waals surface area contributed by atoms with Gasteiger partial charge in [-0.3, -0.25) is 9.10 Å². The Morgan fingerprint density at radius 3 is 2.33 bits per heavy atom. The van der Waals surface area contributed by atoms with Crippen molar-refractivity contribution >= 4 is 21.6 Å². The van der Waals surface area contributed by atoms with Crippen molar-refractivity contribution < 1.29 is 13.2 Å². The first-order valence-corrected chi connectivity index (χ1v) is 10.9. The molecule has 2 aromatic rings. The van der Waals surface area contributed by atoms with Gasteiger partial charge in [0.15, 0.2) is 0 Å². The lowest BCUT2D eigenvalue weighted by Crippen LogP contribution is -2.35. The van der Waals surface area contributed by atoms with E-state index in [1.54, 1.807) is 0 Å². The highest BCUT2D eigenvalue weighted by molar-refractivity contribution is 7.92. The summed E-state index contributed by atoms with van der Waals surface area (Å²) in [6.45, 7) is 6.51. The molecule has 0 radical (unpaired) electrons. The zero-order chi connectivity index (χ0) is 20.0. The zero-order valence-electron chi connectivity index (χ0n) is 16.4. The summed E-state index contributed by atoms with van der Waals surface area (Å²) < 4.78 is 26.3. The monoisotopic (exact) mass is 388 g/mol. The van der Waals surface area contributed by atoms with Crippen LogP contribution >= 0.6 is 0 Å². The van der Waals surface area contributed by atoms with Crippen molar-refractivity contribution in [3.8, 4) is 0 Å². The molecule has 0 spiro atoms. The lowest BCUT2D eigenvalue weighted by atomic mass is 9.98. The number of nitrogens with one attached hydrogen (secondary N) is 1. The topological polar surface area (TPSA) is 66.5 Å². The fraction of sp³-hybridized carbons (Fsp3) is 0.381. The summed E-state index contributed by atoms with van der Waals surface area (Å²) in [5.41, 5.74) is 3.54. The van der Waals surface area contributed by atoms with Crippen molar-refractivity contribution in [2.75, 3.05) is 17.1 Å². The third-order valence-electron chi connectivity index (χ3n) is 4.42. The van der Waals surface area contributed by atoms with Gasteiger partial charge >= 0.3 is 0 Å². The molecule has 0 bridgehead atoms. The Balaban J connectivity index is 2.14. The highest BCUT2D eigenvalue weighted by Crippen LogP contribution is 2.32. The maximum absolute atomic E-state index is 12.4. The number of hydrogen-bond donors (Lipinski definition) is 1. The van der Waals surface area contributed by atoms with E-state index in [1.165, 1.54) is 10.6 Å². The van der Waals surface area contributed by atoms with Gasteiger partial charge in [0.2, 0.25) is 15.9 Å². The Hall–Kier alpha value is -2.34. The highest BCUT2D eigenvalue weighted by Gasteiger charge is 2.23. The van der Waals surface area contributed by atoms with E-state index in [0.717, 1.165) is 16.7 Å². The van der Waals surface area contributed by atoms with Crippen LogP contribution in [0, 0.1) is 6.92 Å². The molecule has 0 fully saturated rings. The van der Waals surface area contributed by atoms with Crippen molar-refractivity contribution in [3.63, 3.8) is 0 Å². The number of nitrogens with zero attached hydrogens (tertiary/aromatic N) is 1. The largest absolute Gasteiger partial charge is 0.352 e. The molecule has 0 aliphatic heterocycles. The second kappa shape index (κ2) is 9.04. The number of carbonyl (C=O) groups is 1. The number of amides is 1. The quantitative estimate of drug-likeness (QED) is 0.751. The molecule has 0 aliphatic rings. The number of rotatable bonds is 8. The number of aryl methyl sites for hydroxylation is 1. The molecule has 6 heteroatoms. The van der Waals surface area contributed by atoms with Gasteiger partial charge in [0, 0.05) is 19.5 Å².